The van der Waals surface area contributed by atoms with Crippen LogP contribution in [0.4, 0.5) is 4.79 Å². The zero-order chi connectivity index (χ0) is 13.5. The van der Waals surface area contributed by atoms with Crippen LogP contribution in [0.5, 0.6) is 0 Å². The Labute approximate surface area is 100.0 Å². The van der Waals surface area contributed by atoms with Crippen LogP contribution >= 0.6 is 0 Å². The molecule has 0 heterocycles. The van der Waals surface area contributed by atoms with Gasteiger partial charge in [-0.15, -0.1) is 0 Å². The van der Waals surface area contributed by atoms with Gasteiger partial charge in [0.15, 0.2) is 0 Å². The molecule has 0 radical (unpaired) electrons. The number of carboxylic acid groups (broad SMARTS) is 1. The van der Waals surface area contributed by atoms with Crippen LogP contribution in [0.3, 0.4) is 0 Å². The molecule has 0 spiro atoms. The lowest BCUT2D eigenvalue weighted by atomic mass is 10.1. The van der Waals surface area contributed by atoms with Gasteiger partial charge in [-0.3, -0.25) is 14.9 Å². The highest BCUT2D eigenvalue weighted by molar-refractivity contribution is 5.95. The molecule has 0 atom stereocenters. The molecule has 0 bridgehead atoms. The molecule has 0 aromatic rings. The Morgan fingerprint density at radius 3 is 2.24 bits per heavy atom. The lowest BCUT2D eigenvalue weighted by Gasteiger charge is -2.20. The minimum absolute atomic E-state index is 0.0680. The second-order valence-electron chi connectivity index (χ2n) is 4.57. The fraction of sp³-hybridized carbons (Fsp3) is 0.700. The Hall–Kier alpha value is -1.63. The minimum atomic E-state index is -0.941. The summed E-state index contributed by atoms with van der Waals surface area (Å²) in [7, 11) is 0. The molecule has 3 amide bonds. The maximum atomic E-state index is 11.2. The fourth-order valence-electron chi connectivity index (χ4n) is 0.940. The van der Waals surface area contributed by atoms with Gasteiger partial charge in [-0.25, -0.2) is 4.79 Å². The van der Waals surface area contributed by atoms with Crippen molar-refractivity contribution in [3.63, 3.8) is 0 Å². The molecule has 0 saturated carbocycles. The molecule has 98 valence electrons. The second-order valence-corrected chi connectivity index (χ2v) is 4.57. The van der Waals surface area contributed by atoms with Crippen LogP contribution in [-0.4, -0.2) is 41.6 Å². The summed E-state index contributed by atoms with van der Waals surface area (Å²) in [6, 6.07) is -0.567. The molecular weight excluding hydrogens is 226 g/mol. The third-order valence-corrected chi connectivity index (χ3v) is 1.54. The van der Waals surface area contributed by atoms with Crippen molar-refractivity contribution in [1.82, 2.24) is 16.0 Å². The average molecular weight is 245 g/mol. The van der Waals surface area contributed by atoms with Crippen molar-refractivity contribution >= 4 is 17.9 Å². The molecule has 0 aromatic heterocycles. The van der Waals surface area contributed by atoms with Crippen molar-refractivity contribution in [2.24, 2.45) is 0 Å². The van der Waals surface area contributed by atoms with E-state index in [0.29, 0.717) is 0 Å². The van der Waals surface area contributed by atoms with Crippen molar-refractivity contribution in [1.29, 1.82) is 0 Å². The smallest absolute Gasteiger partial charge is 0.321 e. The van der Waals surface area contributed by atoms with E-state index in [1.165, 1.54) is 0 Å². The first-order chi connectivity index (χ1) is 7.70. The topological polar surface area (TPSA) is 108 Å². The van der Waals surface area contributed by atoms with Crippen molar-refractivity contribution in [2.45, 2.75) is 32.7 Å². The number of carbonyl (C=O) groups is 3. The maximum absolute atomic E-state index is 11.2. The Kier molecular flexibility index (Phi) is 6.19. The van der Waals surface area contributed by atoms with Gasteiger partial charge in [-0.2, -0.15) is 0 Å². The van der Waals surface area contributed by atoms with Gasteiger partial charge in [0, 0.05) is 12.1 Å². The SMILES string of the molecule is CC(C)(C)NC(=O)NC(=O)CNCCC(=O)O. The molecule has 0 unspecified atom stereocenters. The summed E-state index contributed by atoms with van der Waals surface area (Å²) in [6.07, 6.45) is -0.0680. The number of imide groups is 1. The second kappa shape index (κ2) is 6.85. The number of carbonyl (C=O) groups excluding carboxylic acids is 2. The van der Waals surface area contributed by atoms with E-state index in [-0.39, 0.29) is 19.5 Å². The normalized spacial score (nSPS) is 10.8. The summed E-state index contributed by atoms with van der Waals surface area (Å²) >= 11 is 0. The fourth-order valence-corrected chi connectivity index (χ4v) is 0.940. The summed E-state index contributed by atoms with van der Waals surface area (Å²) < 4.78 is 0. The summed E-state index contributed by atoms with van der Waals surface area (Å²) in [5, 5.41) is 15.7. The molecule has 0 aliphatic carbocycles. The van der Waals surface area contributed by atoms with E-state index in [9.17, 15) is 14.4 Å². The van der Waals surface area contributed by atoms with Gasteiger partial charge >= 0.3 is 12.0 Å². The van der Waals surface area contributed by atoms with Crippen molar-refractivity contribution in [2.75, 3.05) is 13.1 Å². The molecule has 7 heteroatoms. The molecule has 0 rings (SSSR count). The van der Waals surface area contributed by atoms with Crippen LogP contribution in [-0.2, 0) is 9.59 Å². The van der Waals surface area contributed by atoms with Crippen molar-refractivity contribution in [3.05, 3.63) is 0 Å². The molecule has 7 nitrogen and oxygen atoms in total. The Morgan fingerprint density at radius 2 is 1.76 bits per heavy atom. The zero-order valence-corrected chi connectivity index (χ0v) is 10.3. The quantitative estimate of drug-likeness (QED) is 0.496. The molecule has 17 heavy (non-hydrogen) atoms. The Morgan fingerprint density at radius 1 is 1.18 bits per heavy atom. The first kappa shape index (κ1) is 15.4. The summed E-state index contributed by atoms with van der Waals surface area (Å²) in [4.78, 5) is 32.6. The minimum Gasteiger partial charge on any atom is -0.481 e. The van der Waals surface area contributed by atoms with Gasteiger partial charge in [0.2, 0.25) is 5.91 Å². The number of carboxylic acids is 1. The van der Waals surface area contributed by atoms with E-state index in [4.69, 9.17) is 5.11 Å². The van der Waals surface area contributed by atoms with Crippen LogP contribution in [0.15, 0.2) is 0 Å². The molecule has 0 aliphatic heterocycles. The van der Waals surface area contributed by atoms with Crippen molar-refractivity contribution < 1.29 is 19.5 Å². The maximum Gasteiger partial charge on any atom is 0.321 e. The number of amides is 3. The molecular formula is C10H19N3O4. The molecule has 0 fully saturated rings. The number of hydrogen-bond acceptors (Lipinski definition) is 4. The predicted octanol–water partition coefficient (Wildman–Crippen LogP) is -0.325. The van der Waals surface area contributed by atoms with E-state index in [2.05, 4.69) is 16.0 Å². The number of hydrogen-bond donors (Lipinski definition) is 4. The van der Waals surface area contributed by atoms with Gasteiger partial charge in [0.05, 0.1) is 13.0 Å². The third-order valence-electron chi connectivity index (χ3n) is 1.54. The number of rotatable bonds is 5. The highest BCUT2D eigenvalue weighted by Gasteiger charge is 2.15. The molecule has 0 aliphatic rings. The van der Waals surface area contributed by atoms with Gasteiger partial charge in [0.25, 0.3) is 0 Å². The zero-order valence-electron chi connectivity index (χ0n) is 10.3. The van der Waals surface area contributed by atoms with E-state index in [1.807, 2.05) is 0 Å². The van der Waals surface area contributed by atoms with E-state index < -0.39 is 23.4 Å². The van der Waals surface area contributed by atoms with E-state index in [1.54, 1.807) is 20.8 Å². The first-order valence-corrected chi connectivity index (χ1v) is 5.25. The summed E-state index contributed by atoms with van der Waals surface area (Å²) in [5.74, 6) is -1.44. The average Bonchev–Trinajstić information content (AvgIpc) is 2.08. The van der Waals surface area contributed by atoms with Crippen LogP contribution in [0.25, 0.3) is 0 Å². The summed E-state index contributed by atoms with van der Waals surface area (Å²) in [6.45, 7) is 5.47. The number of urea groups is 1. The summed E-state index contributed by atoms with van der Waals surface area (Å²) in [5.41, 5.74) is -0.416. The lowest BCUT2D eigenvalue weighted by molar-refractivity contribution is -0.137. The van der Waals surface area contributed by atoms with E-state index in [0.717, 1.165) is 0 Å². The Bertz CT molecular complexity index is 296. The highest BCUT2D eigenvalue weighted by atomic mass is 16.4. The molecule has 4 N–H and O–H groups in total. The molecule has 0 saturated heterocycles. The van der Waals surface area contributed by atoms with Gasteiger partial charge in [-0.05, 0) is 20.8 Å². The van der Waals surface area contributed by atoms with Crippen LogP contribution in [0.1, 0.15) is 27.2 Å². The van der Waals surface area contributed by atoms with Crippen LogP contribution < -0.4 is 16.0 Å². The standard InChI is InChI=1S/C10H19N3O4/c1-10(2,3)13-9(17)12-7(14)6-11-5-4-8(15)16/h11H,4-6H2,1-3H3,(H,15,16)(H2,12,13,14,17). The molecule has 0 aromatic carbocycles. The highest BCUT2D eigenvalue weighted by Crippen LogP contribution is 1.96. The van der Waals surface area contributed by atoms with E-state index >= 15 is 0 Å². The van der Waals surface area contributed by atoms with Gasteiger partial charge < -0.3 is 15.7 Å². The lowest BCUT2D eigenvalue weighted by Crippen LogP contribution is -2.50. The third kappa shape index (κ3) is 10.6. The monoisotopic (exact) mass is 245 g/mol. The van der Waals surface area contributed by atoms with Crippen molar-refractivity contribution in [3.8, 4) is 0 Å². The first-order valence-electron chi connectivity index (χ1n) is 5.25. The predicted molar refractivity (Wildman–Crippen MR) is 61.5 cm³/mol. The van der Waals surface area contributed by atoms with Gasteiger partial charge in [-0.1, -0.05) is 0 Å². The largest absolute Gasteiger partial charge is 0.481 e. The Balaban J connectivity index is 3.72. The van der Waals surface area contributed by atoms with Crippen LogP contribution in [0, 0.1) is 0 Å². The van der Waals surface area contributed by atoms with Gasteiger partial charge in [0.1, 0.15) is 0 Å². The van der Waals surface area contributed by atoms with Crippen LogP contribution in [0.2, 0.25) is 0 Å². The number of aliphatic carboxylic acids is 1. The number of nitrogens with one attached hydrogen (secondary N) is 3.